The Bertz CT molecular complexity index is 1680. The van der Waals surface area contributed by atoms with E-state index in [1.165, 1.54) is 22.3 Å². The van der Waals surface area contributed by atoms with Gasteiger partial charge in [0.2, 0.25) is 0 Å². The molecule has 5 rings (SSSR count). The summed E-state index contributed by atoms with van der Waals surface area (Å²) in [5, 5.41) is 3.29. The Balaban J connectivity index is 1.99. The molecule has 2 aromatic rings. The molecular formula is C46H68O2SiZr. The summed E-state index contributed by atoms with van der Waals surface area (Å²) in [4.78, 5) is 0. The fourth-order valence-electron chi connectivity index (χ4n) is 8.82. The summed E-state index contributed by atoms with van der Waals surface area (Å²) in [6.07, 6.45) is 7.48. The first kappa shape index (κ1) is 39.3. The first-order valence-corrected chi connectivity index (χ1v) is 26.9. The Morgan fingerprint density at radius 3 is 1.24 bits per heavy atom. The topological polar surface area (TPSA) is 18.5 Å². The van der Waals surface area contributed by atoms with Crippen molar-refractivity contribution in [2.75, 3.05) is 0 Å². The zero-order chi connectivity index (χ0) is 37.6. The molecule has 0 amide bonds. The molecule has 2 atom stereocenters. The van der Waals surface area contributed by atoms with Crippen LogP contribution in [0.1, 0.15) is 132 Å². The quantitative estimate of drug-likeness (QED) is 0.249. The number of hydrogen-bond acceptors (Lipinski definition) is 2. The van der Waals surface area contributed by atoms with Gasteiger partial charge in [-0.3, -0.25) is 0 Å². The summed E-state index contributed by atoms with van der Waals surface area (Å²) in [7, 11) is -2.24. The zero-order valence-electron chi connectivity index (χ0n) is 35.0. The van der Waals surface area contributed by atoms with Crippen LogP contribution in [-0.4, -0.2) is 8.07 Å². The Hall–Kier alpha value is -1.90. The molecule has 1 heterocycles. The van der Waals surface area contributed by atoms with Crippen molar-refractivity contribution in [1.29, 1.82) is 0 Å². The van der Waals surface area contributed by atoms with Crippen molar-refractivity contribution in [3.63, 3.8) is 0 Å². The van der Waals surface area contributed by atoms with Crippen LogP contribution < -0.4 is 5.63 Å². The predicted molar refractivity (Wildman–Crippen MR) is 215 cm³/mol. The van der Waals surface area contributed by atoms with Gasteiger partial charge in [0.15, 0.2) is 0 Å². The standard InChI is InChI=1S/C24H38Si.2C11H16O.Zr/c1-11-23(5,6)19-13-17(3)15-21(19)25(9,10)22-16-18(4)14-20(22)24(7,8)12-2;2*1-8-5-6-10(12)9(7-8)11(2,3)4;/h13-14,17-18H,11-12H2,1-10H3;2*5-7,12H,1-4H3;/q;;;+2/p-2. The van der Waals surface area contributed by atoms with Gasteiger partial charge in [0, 0.05) is 0 Å². The van der Waals surface area contributed by atoms with Crippen molar-refractivity contribution in [2.45, 2.75) is 148 Å². The van der Waals surface area contributed by atoms with Gasteiger partial charge in [-0.1, -0.05) is 0 Å². The van der Waals surface area contributed by atoms with Crippen molar-refractivity contribution in [1.82, 2.24) is 0 Å². The van der Waals surface area contributed by atoms with Crippen molar-refractivity contribution in [3.05, 3.63) is 98.9 Å². The van der Waals surface area contributed by atoms with Crippen LogP contribution in [0.15, 0.2) is 76.7 Å². The SMILES string of the molecule is CCC(C)(C)C1=CC(C)[C]2=C1[Si](C)(C)C1=[C](C(C)C=C1C(C)(C)CC)[Zr]2([O]c1ccc(C)cc1C(C)(C)C)[O]c1ccc(C)cc1C(C)(C)C. The van der Waals surface area contributed by atoms with Crippen LogP contribution in [0.25, 0.3) is 0 Å². The fraction of sp³-hybridized carbons (Fsp3) is 0.565. The average Bonchev–Trinajstić information content (AvgIpc) is 3.57. The summed E-state index contributed by atoms with van der Waals surface area (Å²) in [5.74, 6) is 2.53. The van der Waals surface area contributed by atoms with Crippen LogP contribution in [0.4, 0.5) is 0 Å². The van der Waals surface area contributed by atoms with Gasteiger partial charge in [-0.05, 0) is 0 Å². The molecule has 2 aromatic carbocycles. The van der Waals surface area contributed by atoms with Gasteiger partial charge in [0.25, 0.3) is 0 Å². The van der Waals surface area contributed by atoms with E-state index in [0.717, 1.165) is 24.3 Å². The van der Waals surface area contributed by atoms with E-state index in [1.807, 2.05) is 0 Å². The number of rotatable bonds is 8. The maximum atomic E-state index is 8.14. The van der Waals surface area contributed by atoms with Crippen molar-refractivity contribution in [2.24, 2.45) is 22.7 Å². The Labute approximate surface area is 313 Å². The van der Waals surface area contributed by atoms with Crippen LogP contribution in [0.5, 0.6) is 11.5 Å². The molecule has 0 saturated carbocycles. The van der Waals surface area contributed by atoms with E-state index in [2.05, 4.69) is 172 Å². The summed E-state index contributed by atoms with van der Waals surface area (Å²) >= 11 is -4.67. The van der Waals surface area contributed by atoms with Crippen molar-refractivity contribution >= 4 is 8.07 Å². The van der Waals surface area contributed by atoms with E-state index in [0.29, 0.717) is 0 Å². The molecule has 0 spiro atoms. The van der Waals surface area contributed by atoms with Crippen LogP contribution in [-0.2, 0) is 32.0 Å². The van der Waals surface area contributed by atoms with Crippen LogP contribution in [0.3, 0.4) is 0 Å². The Morgan fingerprint density at radius 1 is 0.600 bits per heavy atom. The van der Waals surface area contributed by atoms with E-state index in [9.17, 15) is 0 Å². The van der Waals surface area contributed by atoms with Gasteiger partial charge < -0.3 is 0 Å². The first-order chi connectivity index (χ1) is 22.8. The molecule has 0 fully saturated rings. The number of allylic oxidation sites excluding steroid dienone is 8. The minimum absolute atomic E-state index is 0.0561. The molecule has 0 radical (unpaired) electrons. The van der Waals surface area contributed by atoms with E-state index >= 15 is 0 Å². The van der Waals surface area contributed by atoms with Crippen LogP contribution in [0.2, 0.25) is 13.1 Å². The molecule has 0 N–H and O–H groups in total. The molecule has 2 nitrogen and oxygen atoms in total. The minimum atomic E-state index is -4.67. The zero-order valence-corrected chi connectivity index (χ0v) is 38.5. The number of aryl methyl sites for hydroxylation is 2. The molecule has 272 valence electrons. The van der Waals surface area contributed by atoms with Crippen LogP contribution in [0, 0.1) is 36.5 Å². The number of benzene rings is 2. The molecule has 0 saturated heterocycles. The van der Waals surface area contributed by atoms with Gasteiger partial charge in [0.05, 0.1) is 0 Å². The molecule has 0 aromatic heterocycles. The van der Waals surface area contributed by atoms with E-state index in [1.54, 1.807) is 28.1 Å². The monoisotopic (exact) mass is 770 g/mol. The third kappa shape index (κ3) is 6.50. The Kier molecular flexibility index (Phi) is 10.1. The second-order valence-electron chi connectivity index (χ2n) is 19.7. The second-order valence-corrected chi connectivity index (χ2v) is 30.7. The second kappa shape index (κ2) is 12.9. The molecule has 2 aliphatic carbocycles. The van der Waals surface area contributed by atoms with Crippen molar-refractivity contribution < 1.29 is 26.8 Å². The van der Waals surface area contributed by atoms with Gasteiger partial charge in [0.1, 0.15) is 0 Å². The fourth-order valence-corrected chi connectivity index (χ4v) is 29.6. The molecule has 1 aliphatic heterocycles. The summed E-state index contributed by atoms with van der Waals surface area (Å²) in [5.41, 5.74) is 8.13. The van der Waals surface area contributed by atoms with Gasteiger partial charge in [-0.15, -0.1) is 0 Å². The maximum absolute atomic E-state index is 8.14. The van der Waals surface area contributed by atoms with Crippen LogP contribution >= 0.6 is 0 Å². The van der Waals surface area contributed by atoms with Gasteiger partial charge >= 0.3 is 315 Å². The average molecular weight is 772 g/mol. The van der Waals surface area contributed by atoms with E-state index in [-0.39, 0.29) is 33.5 Å². The molecule has 3 aliphatic rings. The van der Waals surface area contributed by atoms with E-state index < -0.39 is 29.2 Å². The van der Waals surface area contributed by atoms with E-state index in [4.69, 9.17) is 5.63 Å². The van der Waals surface area contributed by atoms with Gasteiger partial charge in [-0.25, -0.2) is 0 Å². The normalized spacial score (nSPS) is 22.0. The predicted octanol–water partition coefficient (Wildman–Crippen LogP) is 13.7. The summed E-state index contributed by atoms with van der Waals surface area (Å²) in [6, 6.07) is 13.7. The first-order valence-electron chi connectivity index (χ1n) is 19.4. The van der Waals surface area contributed by atoms with Gasteiger partial charge in [-0.2, -0.15) is 0 Å². The molecular weight excluding hydrogens is 704 g/mol. The molecule has 50 heavy (non-hydrogen) atoms. The summed E-state index contributed by atoms with van der Waals surface area (Å²) in [6.45, 7) is 43.2. The Morgan fingerprint density at radius 2 is 0.940 bits per heavy atom. The molecule has 2 unspecified atom stereocenters. The third-order valence-electron chi connectivity index (χ3n) is 12.4. The summed E-state index contributed by atoms with van der Waals surface area (Å²) < 4.78 is 19.4. The van der Waals surface area contributed by atoms with Crippen molar-refractivity contribution in [3.8, 4) is 11.5 Å². The third-order valence-corrected chi connectivity index (χ3v) is 26.7. The molecule has 0 bridgehead atoms. The molecule has 4 heteroatoms. The number of hydrogen-bond donors (Lipinski definition) is 0.